The van der Waals surface area contributed by atoms with Crippen molar-refractivity contribution in [2.75, 3.05) is 16.4 Å². The predicted molar refractivity (Wildman–Crippen MR) is 98.2 cm³/mol. The minimum absolute atomic E-state index is 0.110. The van der Waals surface area contributed by atoms with Crippen LogP contribution in [0.5, 0.6) is 0 Å². The molecule has 0 aliphatic rings. The Morgan fingerprint density at radius 3 is 2.30 bits per heavy atom. The van der Waals surface area contributed by atoms with Crippen LogP contribution < -0.4 is 16.4 Å². The number of rotatable bonds is 6. The van der Waals surface area contributed by atoms with Crippen LogP contribution in [0.25, 0.3) is 0 Å². The summed E-state index contributed by atoms with van der Waals surface area (Å²) >= 11 is 0. The molecule has 1 aromatic carbocycles. The zero-order chi connectivity index (χ0) is 16.9. The number of anilines is 4. The first-order valence-corrected chi connectivity index (χ1v) is 8.13. The van der Waals surface area contributed by atoms with Crippen LogP contribution in [0.15, 0.2) is 30.6 Å². The predicted octanol–water partition coefficient (Wildman–Crippen LogP) is 4.36. The molecule has 4 N–H and O–H groups in total. The first kappa shape index (κ1) is 17.1. The standard InChI is InChI=1S/C18H27N5/c1-5-6-7-13-8-10-14(11-9-13)22-16-15(19)17(21-12-20-16)23-18(2,3)4/h8-12H,5-7,19H2,1-4H3,(H2,20,21,22,23). The molecule has 23 heavy (non-hydrogen) atoms. The van der Waals surface area contributed by atoms with Crippen LogP contribution in [0.4, 0.5) is 23.0 Å². The van der Waals surface area contributed by atoms with E-state index < -0.39 is 0 Å². The van der Waals surface area contributed by atoms with E-state index in [9.17, 15) is 0 Å². The van der Waals surface area contributed by atoms with E-state index in [4.69, 9.17) is 5.73 Å². The zero-order valence-corrected chi connectivity index (χ0v) is 14.5. The van der Waals surface area contributed by atoms with Gasteiger partial charge >= 0.3 is 0 Å². The molecule has 2 rings (SSSR count). The number of nitrogens with one attached hydrogen (secondary N) is 2. The molecule has 5 heteroatoms. The first-order chi connectivity index (χ1) is 10.9. The number of nitrogens with two attached hydrogens (primary N) is 1. The fourth-order valence-corrected chi connectivity index (χ4v) is 2.22. The van der Waals surface area contributed by atoms with Crippen LogP contribution in [-0.2, 0) is 6.42 Å². The molecule has 0 fully saturated rings. The molecule has 0 unspecified atom stereocenters. The Balaban J connectivity index is 2.12. The van der Waals surface area contributed by atoms with Gasteiger partial charge in [0.15, 0.2) is 11.6 Å². The highest BCUT2D eigenvalue weighted by Crippen LogP contribution is 2.27. The van der Waals surface area contributed by atoms with Gasteiger partial charge in [-0.1, -0.05) is 25.5 Å². The number of aromatic nitrogens is 2. The third kappa shape index (κ3) is 5.13. The summed E-state index contributed by atoms with van der Waals surface area (Å²) in [5.41, 5.74) is 8.92. The van der Waals surface area contributed by atoms with Crippen LogP contribution in [0.1, 0.15) is 46.1 Å². The van der Waals surface area contributed by atoms with E-state index in [2.05, 4.69) is 72.6 Å². The Kier molecular flexibility index (Phi) is 5.42. The summed E-state index contributed by atoms with van der Waals surface area (Å²) in [6.45, 7) is 8.40. The van der Waals surface area contributed by atoms with Crippen molar-refractivity contribution in [2.45, 2.75) is 52.5 Å². The summed E-state index contributed by atoms with van der Waals surface area (Å²) < 4.78 is 0. The molecule has 0 spiro atoms. The minimum atomic E-state index is -0.110. The largest absolute Gasteiger partial charge is 0.393 e. The lowest BCUT2D eigenvalue weighted by molar-refractivity contribution is 0.630. The Labute approximate surface area is 138 Å². The molecule has 0 aliphatic heterocycles. The molecule has 0 saturated carbocycles. The molecule has 0 bridgehead atoms. The van der Waals surface area contributed by atoms with Gasteiger partial charge in [-0.25, -0.2) is 9.97 Å². The van der Waals surface area contributed by atoms with Crippen molar-refractivity contribution in [3.05, 3.63) is 36.2 Å². The maximum atomic E-state index is 6.18. The number of aryl methyl sites for hydroxylation is 1. The summed E-state index contributed by atoms with van der Waals surface area (Å²) in [4.78, 5) is 8.48. The van der Waals surface area contributed by atoms with Gasteiger partial charge in [0.05, 0.1) is 0 Å². The quantitative estimate of drug-likeness (QED) is 0.739. The normalized spacial score (nSPS) is 11.3. The van der Waals surface area contributed by atoms with Crippen LogP contribution in [-0.4, -0.2) is 15.5 Å². The molecule has 2 aromatic rings. The summed E-state index contributed by atoms with van der Waals surface area (Å²) in [7, 11) is 0. The smallest absolute Gasteiger partial charge is 0.159 e. The molecule has 5 nitrogen and oxygen atoms in total. The molecule has 1 aromatic heterocycles. The molecule has 0 amide bonds. The summed E-state index contributed by atoms with van der Waals surface area (Å²) in [5, 5.41) is 6.56. The van der Waals surface area contributed by atoms with Gasteiger partial charge in [0, 0.05) is 11.2 Å². The third-order valence-corrected chi connectivity index (χ3v) is 3.41. The van der Waals surface area contributed by atoms with E-state index in [0.29, 0.717) is 17.3 Å². The second kappa shape index (κ2) is 7.31. The average Bonchev–Trinajstić information content (AvgIpc) is 2.49. The topological polar surface area (TPSA) is 75.9 Å². The van der Waals surface area contributed by atoms with Crippen molar-refractivity contribution in [3.63, 3.8) is 0 Å². The van der Waals surface area contributed by atoms with E-state index in [-0.39, 0.29) is 5.54 Å². The van der Waals surface area contributed by atoms with Gasteiger partial charge in [0.2, 0.25) is 0 Å². The highest BCUT2D eigenvalue weighted by molar-refractivity contribution is 5.77. The zero-order valence-electron chi connectivity index (χ0n) is 14.5. The van der Waals surface area contributed by atoms with Crippen molar-refractivity contribution >= 4 is 23.0 Å². The van der Waals surface area contributed by atoms with Crippen LogP contribution >= 0.6 is 0 Å². The fourth-order valence-electron chi connectivity index (χ4n) is 2.22. The summed E-state index contributed by atoms with van der Waals surface area (Å²) in [6, 6.07) is 8.40. The second-order valence-electron chi connectivity index (χ2n) is 6.79. The molecule has 1 heterocycles. The third-order valence-electron chi connectivity index (χ3n) is 3.41. The van der Waals surface area contributed by atoms with Crippen molar-refractivity contribution in [3.8, 4) is 0 Å². The highest BCUT2D eigenvalue weighted by Gasteiger charge is 2.15. The number of nitrogens with zero attached hydrogens (tertiary/aromatic N) is 2. The van der Waals surface area contributed by atoms with E-state index >= 15 is 0 Å². The van der Waals surface area contributed by atoms with Gasteiger partial charge in [-0.05, 0) is 51.3 Å². The lowest BCUT2D eigenvalue weighted by Crippen LogP contribution is -2.27. The number of nitrogen functional groups attached to an aromatic ring is 1. The van der Waals surface area contributed by atoms with Gasteiger partial charge in [-0.3, -0.25) is 0 Å². The number of unbranched alkanes of at least 4 members (excludes halogenated alkanes) is 1. The molecular formula is C18H27N5. The molecule has 0 aliphatic carbocycles. The van der Waals surface area contributed by atoms with E-state index in [0.717, 1.165) is 12.1 Å². The van der Waals surface area contributed by atoms with Crippen LogP contribution in [0.3, 0.4) is 0 Å². The molecule has 124 valence electrons. The minimum Gasteiger partial charge on any atom is -0.393 e. The molecular weight excluding hydrogens is 286 g/mol. The number of hydrogen-bond acceptors (Lipinski definition) is 5. The van der Waals surface area contributed by atoms with E-state index in [1.807, 2.05) is 0 Å². The maximum absolute atomic E-state index is 6.18. The number of hydrogen-bond donors (Lipinski definition) is 3. The van der Waals surface area contributed by atoms with Gasteiger partial charge in [0.25, 0.3) is 0 Å². The molecule has 0 saturated heterocycles. The second-order valence-corrected chi connectivity index (χ2v) is 6.79. The Morgan fingerprint density at radius 2 is 1.70 bits per heavy atom. The average molecular weight is 313 g/mol. The lowest BCUT2D eigenvalue weighted by atomic mass is 10.1. The van der Waals surface area contributed by atoms with Crippen molar-refractivity contribution in [1.29, 1.82) is 0 Å². The van der Waals surface area contributed by atoms with Crippen LogP contribution in [0.2, 0.25) is 0 Å². The SMILES string of the molecule is CCCCc1ccc(Nc2ncnc(NC(C)(C)C)c2N)cc1. The van der Waals surface area contributed by atoms with Crippen LogP contribution in [0, 0.1) is 0 Å². The van der Waals surface area contributed by atoms with Gasteiger partial charge in [-0.2, -0.15) is 0 Å². The lowest BCUT2D eigenvalue weighted by Gasteiger charge is -2.22. The van der Waals surface area contributed by atoms with Crippen molar-refractivity contribution in [2.24, 2.45) is 0 Å². The Hall–Kier alpha value is -2.30. The fraction of sp³-hybridized carbons (Fsp3) is 0.444. The van der Waals surface area contributed by atoms with Gasteiger partial charge in [-0.15, -0.1) is 0 Å². The molecule has 0 radical (unpaired) electrons. The van der Waals surface area contributed by atoms with Crippen molar-refractivity contribution in [1.82, 2.24) is 9.97 Å². The van der Waals surface area contributed by atoms with Gasteiger partial charge in [0.1, 0.15) is 12.0 Å². The maximum Gasteiger partial charge on any atom is 0.159 e. The highest BCUT2D eigenvalue weighted by atomic mass is 15.1. The summed E-state index contributed by atoms with van der Waals surface area (Å²) in [5.74, 6) is 1.27. The van der Waals surface area contributed by atoms with E-state index in [1.165, 1.54) is 24.7 Å². The monoisotopic (exact) mass is 313 g/mol. The van der Waals surface area contributed by atoms with Gasteiger partial charge < -0.3 is 16.4 Å². The first-order valence-electron chi connectivity index (χ1n) is 8.13. The van der Waals surface area contributed by atoms with Crippen molar-refractivity contribution < 1.29 is 0 Å². The molecule has 0 atom stereocenters. The summed E-state index contributed by atoms with van der Waals surface area (Å²) in [6.07, 6.45) is 5.06. The number of benzene rings is 1. The Morgan fingerprint density at radius 1 is 1.04 bits per heavy atom. The van der Waals surface area contributed by atoms with E-state index in [1.54, 1.807) is 0 Å². The Bertz CT molecular complexity index is 629.